The molecule has 27 heavy (non-hydrogen) atoms. The van der Waals surface area contributed by atoms with E-state index in [1.165, 1.54) is 0 Å². The number of likely N-dealkylation sites (tertiary alicyclic amines) is 1. The zero-order valence-electron chi connectivity index (χ0n) is 16.3. The summed E-state index contributed by atoms with van der Waals surface area (Å²) in [4.78, 5) is 19.6. The number of piperidine rings is 1. The summed E-state index contributed by atoms with van der Waals surface area (Å²) in [6, 6.07) is 10.2. The van der Waals surface area contributed by atoms with Gasteiger partial charge in [0.1, 0.15) is 5.82 Å². The second kappa shape index (κ2) is 9.00. The zero-order chi connectivity index (χ0) is 19.1. The molecule has 144 valence electrons. The molecule has 1 aromatic heterocycles. The highest BCUT2D eigenvalue weighted by molar-refractivity contribution is 5.77. The highest BCUT2D eigenvalue weighted by atomic mass is 16.5. The van der Waals surface area contributed by atoms with Gasteiger partial charge in [-0.1, -0.05) is 42.5 Å². The van der Waals surface area contributed by atoms with Crippen LogP contribution in [0.25, 0.3) is 6.08 Å². The molecule has 2 heterocycles. The number of imidazole rings is 1. The van der Waals surface area contributed by atoms with Gasteiger partial charge >= 0.3 is 5.97 Å². The maximum atomic E-state index is 12.9. The number of rotatable bonds is 7. The lowest BCUT2D eigenvalue weighted by molar-refractivity contribution is -0.159. The number of esters is 1. The molecule has 3 rings (SSSR count). The molecule has 0 amide bonds. The average molecular weight is 367 g/mol. The molecule has 0 N–H and O–H groups in total. The van der Waals surface area contributed by atoms with Gasteiger partial charge in [0.05, 0.1) is 18.6 Å². The standard InChI is InChI=1S/C22H29N3O2/c1-3-27-21(26)22(12-7-11-19-9-5-4-6-10-19)13-8-15-25(18-22)17-20-23-14-16-24(20)2/h4-7,9-11,14,16H,3,8,12-13,15,17-18H2,1-2H3/b11-7+/t22-/m0/s1. The van der Waals surface area contributed by atoms with Crippen molar-refractivity contribution in [1.82, 2.24) is 14.5 Å². The van der Waals surface area contributed by atoms with Crippen LogP contribution >= 0.6 is 0 Å². The van der Waals surface area contributed by atoms with Gasteiger partial charge in [0.15, 0.2) is 0 Å². The molecule has 0 spiro atoms. The molecule has 1 atom stereocenters. The van der Waals surface area contributed by atoms with Gasteiger partial charge in [0, 0.05) is 26.0 Å². The van der Waals surface area contributed by atoms with E-state index in [0.717, 1.165) is 37.3 Å². The van der Waals surface area contributed by atoms with Crippen LogP contribution in [0.1, 0.15) is 37.6 Å². The summed E-state index contributed by atoms with van der Waals surface area (Å²) in [5.74, 6) is 0.946. The summed E-state index contributed by atoms with van der Waals surface area (Å²) in [5.41, 5.74) is 0.669. The minimum absolute atomic E-state index is 0.0766. The molecule has 1 fully saturated rings. The van der Waals surface area contributed by atoms with E-state index in [2.05, 4.69) is 34.2 Å². The Hall–Kier alpha value is -2.40. The van der Waals surface area contributed by atoms with E-state index >= 15 is 0 Å². The first-order valence-electron chi connectivity index (χ1n) is 9.70. The first-order valence-corrected chi connectivity index (χ1v) is 9.70. The summed E-state index contributed by atoms with van der Waals surface area (Å²) < 4.78 is 7.51. The zero-order valence-corrected chi connectivity index (χ0v) is 16.3. The first-order chi connectivity index (χ1) is 13.1. The Kier molecular flexibility index (Phi) is 6.45. The third-order valence-electron chi connectivity index (χ3n) is 5.27. The smallest absolute Gasteiger partial charge is 0.313 e. The van der Waals surface area contributed by atoms with Gasteiger partial charge < -0.3 is 9.30 Å². The maximum absolute atomic E-state index is 12.9. The first kappa shape index (κ1) is 19.4. The highest BCUT2D eigenvalue weighted by Crippen LogP contribution is 2.36. The van der Waals surface area contributed by atoms with Gasteiger partial charge in [0.2, 0.25) is 0 Å². The van der Waals surface area contributed by atoms with Gasteiger partial charge in [0.25, 0.3) is 0 Å². The fourth-order valence-electron chi connectivity index (χ4n) is 3.80. The van der Waals surface area contributed by atoms with Crippen molar-refractivity contribution in [2.75, 3.05) is 19.7 Å². The van der Waals surface area contributed by atoms with Crippen molar-refractivity contribution in [3.63, 3.8) is 0 Å². The van der Waals surface area contributed by atoms with Crippen LogP contribution in [-0.2, 0) is 23.1 Å². The van der Waals surface area contributed by atoms with E-state index in [9.17, 15) is 4.79 Å². The molecule has 5 nitrogen and oxygen atoms in total. The summed E-state index contributed by atoms with van der Waals surface area (Å²) in [6.45, 7) is 4.74. The third-order valence-corrected chi connectivity index (χ3v) is 5.27. The molecule has 2 aromatic rings. The number of ether oxygens (including phenoxy) is 1. The summed E-state index contributed by atoms with van der Waals surface area (Å²) in [6.07, 6.45) is 10.5. The number of carbonyl (C=O) groups is 1. The van der Waals surface area contributed by atoms with Gasteiger partial charge in [-0.05, 0) is 38.3 Å². The van der Waals surface area contributed by atoms with Crippen LogP contribution in [-0.4, -0.2) is 40.1 Å². The lowest BCUT2D eigenvalue weighted by Crippen LogP contribution is -2.48. The lowest BCUT2D eigenvalue weighted by Gasteiger charge is -2.40. The predicted molar refractivity (Wildman–Crippen MR) is 107 cm³/mol. The quantitative estimate of drug-likeness (QED) is 0.701. The molecule has 0 radical (unpaired) electrons. The van der Waals surface area contributed by atoms with Crippen LogP contribution in [0.4, 0.5) is 0 Å². The van der Waals surface area contributed by atoms with Gasteiger partial charge in [-0.3, -0.25) is 9.69 Å². The molecule has 1 saturated heterocycles. The van der Waals surface area contributed by atoms with Crippen molar-refractivity contribution < 1.29 is 9.53 Å². The molecule has 5 heteroatoms. The molecule has 0 unspecified atom stereocenters. The lowest BCUT2D eigenvalue weighted by atomic mass is 9.76. The highest BCUT2D eigenvalue weighted by Gasteiger charge is 2.42. The number of allylic oxidation sites excluding steroid dienone is 1. The van der Waals surface area contributed by atoms with E-state index < -0.39 is 5.41 Å². The van der Waals surface area contributed by atoms with Crippen LogP contribution in [0, 0.1) is 5.41 Å². The van der Waals surface area contributed by atoms with Gasteiger partial charge in [-0.2, -0.15) is 0 Å². The van der Waals surface area contributed by atoms with Crippen LogP contribution < -0.4 is 0 Å². The van der Waals surface area contributed by atoms with E-state index in [0.29, 0.717) is 19.6 Å². The molecular formula is C22H29N3O2. The molecule has 1 aromatic carbocycles. The van der Waals surface area contributed by atoms with Crippen molar-refractivity contribution in [3.05, 3.63) is 60.2 Å². The SMILES string of the molecule is CCOC(=O)[C@@]1(C/C=C/c2ccccc2)CCCN(Cc2nccn2C)C1. The summed E-state index contributed by atoms with van der Waals surface area (Å²) in [7, 11) is 2.01. The summed E-state index contributed by atoms with van der Waals surface area (Å²) in [5, 5.41) is 0. The molecule has 0 saturated carbocycles. The molecular weight excluding hydrogens is 338 g/mol. The Morgan fingerprint density at radius 1 is 1.33 bits per heavy atom. The van der Waals surface area contributed by atoms with E-state index in [-0.39, 0.29) is 5.97 Å². The number of hydrogen-bond donors (Lipinski definition) is 0. The fourth-order valence-corrected chi connectivity index (χ4v) is 3.80. The monoisotopic (exact) mass is 367 g/mol. The fraction of sp³-hybridized carbons (Fsp3) is 0.455. The van der Waals surface area contributed by atoms with Crippen molar-refractivity contribution in [3.8, 4) is 0 Å². The van der Waals surface area contributed by atoms with Crippen molar-refractivity contribution in [1.29, 1.82) is 0 Å². The Bertz CT molecular complexity index is 769. The molecule has 0 aliphatic carbocycles. The number of carbonyl (C=O) groups excluding carboxylic acids is 1. The van der Waals surface area contributed by atoms with E-state index in [1.54, 1.807) is 0 Å². The summed E-state index contributed by atoms with van der Waals surface area (Å²) >= 11 is 0. The Balaban J connectivity index is 1.74. The van der Waals surface area contributed by atoms with Crippen LogP contribution in [0.5, 0.6) is 0 Å². The van der Waals surface area contributed by atoms with Crippen LogP contribution in [0.15, 0.2) is 48.8 Å². The maximum Gasteiger partial charge on any atom is 0.313 e. The number of aryl methyl sites for hydroxylation is 1. The van der Waals surface area contributed by atoms with Crippen LogP contribution in [0.3, 0.4) is 0 Å². The van der Waals surface area contributed by atoms with Crippen molar-refractivity contribution in [2.45, 2.75) is 32.7 Å². The normalized spacial score (nSPS) is 20.8. The average Bonchev–Trinajstić information content (AvgIpc) is 3.08. The minimum Gasteiger partial charge on any atom is -0.466 e. The largest absolute Gasteiger partial charge is 0.466 e. The Morgan fingerprint density at radius 2 is 2.15 bits per heavy atom. The van der Waals surface area contributed by atoms with Gasteiger partial charge in [-0.25, -0.2) is 4.98 Å². The predicted octanol–water partition coefficient (Wildman–Crippen LogP) is 3.67. The van der Waals surface area contributed by atoms with E-state index in [1.807, 2.05) is 49.1 Å². The molecule has 1 aliphatic rings. The second-order valence-electron chi connectivity index (χ2n) is 7.29. The second-order valence-corrected chi connectivity index (χ2v) is 7.29. The number of nitrogens with zero attached hydrogens (tertiary/aromatic N) is 3. The van der Waals surface area contributed by atoms with Crippen molar-refractivity contribution in [2.24, 2.45) is 12.5 Å². The van der Waals surface area contributed by atoms with Gasteiger partial charge in [-0.15, -0.1) is 0 Å². The Labute approximate surface area is 161 Å². The number of benzene rings is 1. The third kappa shape index (κ3) is 4.86. The van der Waals surface area contributed by atoms with Crippen LogP contribution in [0.2, 0.25) is 0 Å². The Morgan fingerprint density at radius 3 is 2.85 bits per heavy atom. The number of hydrogen-bond acceptors (Lipinski definition) is 4. The molecule has 0 bridgehead atoms. The van der Waals surface area contributed by atoms with Crippen molar-refractivity contribution >= 4 is 12.0 Å². The van der Waals surface area contributed by atoms with E-state index in [4.69, 9.17) is 4.74 Å². The number of aromatic nitrogens is 2. The topological polar surface area (TPSA) is 47.4 Å². The minimum atomic E-state index is -0.481. The molecule has 1 aliphatic heterocycles.